The van der Waals surface area contributed by atoms with Crippen LogP contribution in [0, 0.1) is 12.7 Å². The zero-order chi connectivity index (χ0) is 14.2. The molecule has 2 aromatic carbocycles. The smallest absolute Gasteiger partial charge is 0.206 e. The van der Waals surface area contributed by atoms with Crippen LogP contribution in [-0.4, -0.2) is 0 Å². The highest BCUT2D eigenvalue weighted by Gasteiger charge is 2.34. The summed E-state index contributed by atoms with van der Waals surface area (Å²) in [6.45, 7) is 1.75. The maximum absolute atomic E-state index is 13.2. The monoisotopic (exact) mass is 288 g/mol. The van der Waals surface area contributed by atoms with Gasteiger partial charge in [0, 0.05) is 5.02 Å². The predicted molar refractivity (Wildman–Crippen MR) is 66.6 cm³/mol. The number of hydrogen-bond acceptors (Lipinski definition) is 0. The molecule has 0 aliphatic rings. The second kappa shape index (κ2) is 4.85. The fraction of sp³-hybridized carbons (Fsp3) is 0.143. The van der Waals surface area contributed by atoms with Gasteiger partial charge in [-0.1, -0.05) is 23.7 Å². The van der Waals surface area contributed by atoms with E-state index < -0.39 is 17.6 Å². The van der Waals surface area contributed by atoms with Crippen molar-refractivity contribution in [2.24, 2.45) is 0 Å². The zero-order valence-electron chi connectivity index (χ0n) is 9.85. The Morgan fingerprint density at radius 3 is 2.32 bits per heavy atom. The van der Waals surface area contributed by atoms with Gasteiger partial charge in [0.25, 0.3) is 0 Å². The van der Waals surface area contributed by atoms with Crippen LogP contribution in [0.5, 0.6) is 0 Å². The first kappa shape index (κ1) is 13.9. The van der Waals surface area contributed by atoms with Crippen molar-refractivity contribution < 1.29 is 17.6 Å². The molecule has 0 unspecified atom stereocenters. The summed E-state index contributed by atoms with van der Waals surface area (Å²) in [6.07, 6.45) is -4.72. The summed E-state index contributed by atoms with van der Waals surface area (Å²) in [5, 5.41) is 0.415. The van der Waals surface area contributed by atoms with Gasteiger partial charge in [0.1, 0.15) is 5.82 Å². The van der Waals surface area contributed by atoms with E-state index in [2.05, 4.69) is 0 Å². The van der Waals surface area contributed by atoms with E-state index >= 15 is 0 Å². The van der Waals surface area contributed by atoms with E-state index in [1.165, 1.54) is 6.07 Å². The first-order valence-corrected chi connectivity index (χ1v) is 5.80. The van der Waals surface area contributed by atoms with Crippen molar-refractivity contribution in [2.75, 3.05) is 0 Å². The molecular formula is C14H9ClF4. The molecule has 0 saturated heterocycles. The molecule has 0 atom stereocenters. The van der Waals surface area contributed by atoms with E-state index in [1.54, 1.807) is 25.1 Å². The quantitative estimate of drug-likeness (QED) is 0.610. The lowest BCUT2D eigenvalue weighted by molar-refractivity contribution is -0.139. The first-order chi connectivity index (χ1) is 8.79. The second-order valence-electron chi connectivity index (χ2n) is 4.15. The Hall–Kier alpha value is -1.55. The van der Waals surface area contributed by atoms with Crippen LogP contribution in [0.2, 0.25) is 5.02 Å². The van der Waals surface area contributed by atoms with Crippen LogP contribution in [0.1, 0.15) is 11.1 Å². The van der Waals surface area contributed by atoms with Crippen LogP contribution in [0.3, 0.4) is 0 Å². The molecule has 0 bridgehead atoms. The van der Waals surface area contributed by atoms with E-state index in [0.29, 0.717) is 10.6 Å². The van der Waals surface area contributed by atoms with Crippen LogP contribution in [-0.2, 0) is 6.18 Å². The average Bonchev–Trinajstić information content (AvgIpc) is 2.31. The molecule has 2 aromatic rings. The lowest BCUT2D eigenvalue weighted by atomic mass is 9.98. The summed E-state index contributed by atoms with van der Waals surface area (Å²) in [7, 11) is 0. The molecule has 0 heterocycles. The molecule has 19 heavy (non-hydrogen) atoms. The average molecular weight is 289 g/mol. The van der Waals surface area contributed by atoms with Gasteiger partial charge in [-0.25, -0.2) is 4.39 Å². The standard InChI is InChI=1S/C14H9ClF4/c1-8-2-4-10(15)7-11(8)9-3-5-13(16)12(6-9)14(17,18)19/h2-7H,1H3. The van der Waals surface area contributed by atoms with Crippen molar-refractivity contribution in [3.05, 3.63) is 58.4 Å². The summed E-state index contributed by atoms with van der Waals surface area (Å²) in [5.41, 5.74) is 0.334. The first-order valence-electron chi connectivity index (χ1n) is 5.42. The molecule has 0 aromatic heterocycles. The molecule has 0 fully saturated rings. The normalized spacial score (nSPS) is 11.7. The second-order valence-corrected chi connectivity index (χ2v) is 4.59. The summed E-state index contributed by atoms with van der Waals surface area (Å²) >= 11 is 5.83. The molecule has 0 amide bonds. The third kappa shape index (κ3) is 2.89. The van der Waals surface area contributed by atoms with Crippen molar-refractivity contribution >= 4 is 11.6 Å². The zero-order valence-corrected chi connectivity index (χ0v) is 10.6. The van der Waals surface area contributed by atoms with Crippen LogP contribution < -0.4 is 0 Å². The van der Waals surface area contributed by atoms with Crippen molar-refractivity contribution in [2.45, 2.75) is 13.1 Å². The Morgan fingerprint density at radius 1 is 1.00 bits per heavy atom. The number of benzene rings is 2. The number of alkyl halides is 3. The molecule has 2 rings (SSSR count). The Kier molecular flexibility index (Phi) is 3.54. The third-order valence-electron chi connectivity index (χ3n) is 2.78. The highest BCUT2D eigenvalue weighted by Crippen LogP contribution is 2.35. The maximum atomic E-state index is 13.2. The van der Waals surface area contributed by atoms with Gasteiger partial charge in [0.15, 0.2) is 0 Å². The van der Waals surface area contributed by atoms with Gasteiger partial charge in [-0.05, 0) is 47.9 Å². The summed E-state index contributed by atoms with van der Waals surface area (Å²) in [4.78, 5) is 0. The Labute approximate surface area is 112 Å². The molecular weight excluding hydrogens is 280 g/mol. The van der Waals surface area contributed by atoms with Gasteiger partial charge in [0.05, 0.1) is 5.56 Å². The van der Waals surface area contributed by atoms with Crippen molar-refractivity contribution in [3.8, 4) is 11.1 Å². The minimum atomic E-state index is -4.72. The largest absolute Gasteiger partial charge is 0.419 e. The van der Waals surface area contributed by atoms with Gasteiger partial charge >= 0.3 is 6.18 Å². The van der Waals surface area contributed by atoms with Gasteiger partial charge < -0.3 is 0 Å². The minimum absolute atomic E-state index is 0.286. The molecule has 100 valence electrons. The number of halogens is 5. The highest BCUT2D eigenvalue weighted by atomic mass is 35.5. The SMILES string of the molecule is Cc1ccc(Cl)cc1-c1ccc(F)c(C(F)(F)F)c1. The maximum Gasteiger partial charge on any atom is 0.419 e. The van der Waals surface area contributed by atoms with Crippen LogP contribution in [0.25, 0.3) is 11.1 Å². The fourth-order valence-corrected chi connectivity index (χ4v) is 1.99. The fourth-order valence-electron chi connectivity index (χ4n) is 1.82. The molecule has 0 radical (unpaired) electrons. The Balaban J connectivity index is 2.61. The lowest BCUT2D eigenvalue weighted by Crippen LogP contribution is -2.08. The van der Waals surface area contributed by atoms with Crippen LogP contribution >= 0.6 is 11.6 Å². The van der Waals surface area contributed by atoms with Crippen LogP contribution in [0.4, 0.5) is 17.6 Å². The van der Waals surface area contributed by atoms with E-state index in [-0.39, 0.29) is 5.56 Å². The molecule has 0 saturated carbocycles. The predicted octanol–water partition coefficient (Wildman–Crippen LogP) is 5.47. The minimum Gasteiger partial charge on any atom is -0.206 e. The molecule has 0 aliphatic carbocycles. The van der Waals surface area contributed by atoms with Gasteiger partial charge in [-0.2, -0.15) is 13.2 Å². The summed E-state index contributed by atoms with van der Waals surface area (Å²) in [6, 6.07) is 7.84. The number of rotatable bonds is 1. The third-order valence-corrected chi connectivity index (χ3v) is 3.02. The van der Waals surface area contributed by atoms with Gasteiger partial charge in [0.2, 0.25) is 0 Å². The number of hydrogen-bond donors (Lipinski definition) is 0. The van der Waals surface area contributed by atoms with Crippen molar-refractivity contribution in [1.29, 1.82) is 0 Å². The van der Waals surface area contributed by atoms with Gasteiger partial charge in [-0.15, -0.1) is 0 Å². The van der Waals surface area contributed by atoms with Crippen molar-refractivity contribution in [3.63, 3.8) is 0 Å². The van der Waals surface area contributed by atoms with Crippen molar-refractivity contribution in [1.82, 2.24) is 0 Å². The topological polar surface area (TPSA) is 0 Å². The summed E-state index contributed by atoms with van der Waals surface area (Å²) < 4.78 is 51.2. The summed E-state index contributed by atoms with van der Waals surface area (Å²) in [5.74, 6) is -1.28. The van der Waals surface area contributed by atoms with Gasteiger partial charge in [-0.3, -0.25) is 0 Å². The molecule has 5 heteroatoms. The van der Waals surface area contributed by atoms with E-state index in [4.69, 9.17) is 11.6 Å². The molecule has 0 aliphatic heterocycles. The highest BCUT2D eigenvalue weighted by molar-refractivity contribution is 6.30. The molecule has 0 N–H and O–H groups in total. The number of aryl methyl sites for hydroxylation is 1. The van der Waals surface area contributed by atoms with E-state index in [1.807, 2.05) is 0 Å². The van der Waals surface area contributed by atoms with E-state index in [0.717, 1.165) is 17.7 Å². The molecule has 0 nitrogen and oxygen atoms in total. The lowest BCUT2D eigenvalue weighted by Gasteiger charge is -2.12. The molecule has 0 spiro atoms. The Morgan fingerprint density at radius 2 is 1.68 bits per heavy atom. The van der Waals surface area contributed by atoms with Crippen LogP contribution in [0.15, 0.2) is 36.4 Å². The van der Waals surface area contributed by atoms with E-state index in [9.17, 15) is 17.6 Å². The Bertz CT molecular complexity index is 617.